The Balaban J connectivity index is 1.57. The Morgan fingerprint density at radius 1 is 0.489 bits per heavy atom. The molecular formula is C39H66N6O2. The number of hydrogen-bond acceptors (Lipinski definition) is 4. The molecular weight excluding hydrogens is 584 g/mol. The highest BCUT2D eigenvalue weighted by atomic mass is 16.2. The summed E-state index contributed by atoms with van der Waals surface area (Å²) in [4.78, 5) is 29.3. The first-order chi connectivity index (χ1) is 22.9. The number of amides is 4. The number of nitrogens with one attached hydrogen (secondary N) is 4. The largest absolute Gasteiger partial charge is 0.337 e. The predicted molar refractivity (Wildman–Crippen MR) is 201 cm³/mol. The van der Waals surface area contributed by atoms with Gasteiger partial charge in [0.25, 0.3) is 0 Å². The maximum atomic E-state index is 12.4. The van der Waals surface area contributed by atoms with Crippen LogP contribution in [0.5, 0.6) is 0 Å². The molecule has 0 atom stereocenters. The topological polar surface area (TPSA) is 88.7 Å². The second-order valence-corrected chi connectivity index (χ2v) is 13.2. The minimum atomic E-state index is -0.176. The molecule has 0 fully saturated rings. The Morgan fingerprint density at radius 3 is 1.19 bits per heavy atom. The Labute approximate surface area is 286 Å². The van der Waals surface area contributed by atoms with Crippen molar-refractivity contribution in [3.8, 4) is 0 Å². The number of likely N-dealkylation sites (N-methyl/N-ethyl adjacent to an activating group) is 2. The fourth-order valence-corrected chi connectivity index (χ4v) is 5.62. The fraction of sp³-hybridized carbons (Fsp3) is 0.641. The van der Waals surface area contributed by atoms with Crippen LogP contribution in [0.4, 0.5) is 21.0 Å². The molecule has 0 saturated carbocycles. The summed E-state index contributed by atoms with van der Waals surface area (Å²) in [5.74, 6) is 0. The third-order valence-electron chi connectivity index (χ3n) is 8.68. The van der Waals surface area contributed by atoms with Crippen LogP contribution in [-0.2, 0) is 6.42 Å². The van der Waals surface area contributed by atoms with Gasteiger partial charge in [-0.25, -0.2) is 9.59 Å². The maximum absolute atomic E-state index is 12.4. The van der Waals surface area contributed by atoms with Crippen molar-refractivity contribution in [2.45, 2.75) is 110 Å². The molecule has 0 bridgehead atoms. The number of unbranched alkanes of at least 4 members (excludes halogenated alkanes) is 12. The third-order valence-corrected chi connectivity index (χ3v) is 8.68. The molecule has 0 heterocycles. The number of anilines is 2. The summed E-state index contributed by atoms with van der Waals surface area (Å²) < 4.78 is 0. The molecule has 4 amide bonds. The van der Waals surface area contributed by atoms with Crippen LogP contribution in [0.25, 0.3) is 0 Å². The Morgan fingerprint density at radius 2 is 0.830 bits per heavy atom. The van der Waals surface area contributed by atoms with Crippen LogP contribution in [0.1, 0.15) is 115 Å². The van der Waals surface area contributed by atoms with Gasteiger partial charge in [-0.3, -0.25) is 0 Å². The molecule has 2 aromatic carbocycles. The van der Waals surface area contributed by atoms with E-state index in [0.29, 0.717) is 13.1 Å². The minimum Gasteiger partial charge on any atom is -0.337 e. The molecule has 2 aromatic rings. The van der Waals surface area contributed by atoms with Crippen molar-refractivity contribution in [1.82, 2.24) is 20.4 Å². The van der Waals surface area contributed by atoms with E-state index in [9.17, 15) is 9.59 Å². The quantitative estimate of drug-likeness (QED) is 0.0766. The smallest absolute Gasteiger partial charge is 0.319 e. The summed E-state index contributed by atoms with van der Waals surface area (Å²) in [5.41, 5.74) is 3.86. The van der Waals surface area contributed by atoms with E-state index in [4.69, 9.17) is 0 Å². The van der Waals surface area contributed by atoms with E-state index in [0.717, 1.165) is 55.1 Å². The first kappa shape index (κ1) is 40.1. The number of carbonyl (C=O) groups is 2. The van der Waals surface area contributed by atoms with Crippen LogP contribution in [0, 0.1) is 0 Å². The van der Waals surface area contributed by atoms with E-state index in [-0.39, 0.29) is 12.1 Å². The lowest BCUT2D eigenvalue weighted by Gasteiger charge is -2.17. The first-order valence-electron chi connectivity index (χ1n) is 18.5. The zero-order valence-corrected chi connectivity index (χ0v) is 30.2. The van der Waals surface area contributed by atoms with Crippen molar-refractivity contribution in [2.24, 2.45) is 0 Å². The molecule has 8 nitrogen and oxygen atoms in total. The molecule has 0 aliphatic rings. The molecule has 0 aliphatic heterocycles. The van der Waals surface area contributed by atoms with Crippen molar-refractivity contribution in [1.29, 1.82) is 0 Å². The third kappa shape index (κ3) is 20.7. The van der Waals surface area contributed by atoms with Crippen LogP contribution >= 0.6 is 0 Å². The number of hydrogen-bond donors (Lipinski definition) is 4. The van der Waals surface area contributed by atoms with Crippen LogP contribution < -0.4 is 21.3 Å². The Hall–Kier alpha value is -3.10. The van der Waals surface area contributed by atoms with Crippen molar-refractivity contribution in [3.05, 3.63) is 59.7 Å². The van der Waals surface area contributed by atoms with Crippen molar-refractivity contribution < 1.29 is 9.59 Å². The lowest BCUT2D eigenvalue weighted by Crippen LogP contribution is -2.35. The Kier molecular flexibility index (Phi) is 22.1. The van der Waals surface area contributed by atoms with Crippen molar-refractivity contribution in [3.63, 3.8) is 0 Å². The Bertz CT molecular complexity index is 990. The molecule has 0 spiro atoms. The van der Waals surface area contributed by atoms with Gasteiger partial charge in [0.05, 0.1) is 0 Å². The molecule has 2 rings (SSSR count). The molecule has 8 heteroatoms. The van der Waals surface area contributed by atoms with Gasteiger partial charge in [-0.15, -0.1) is 0 Å². The van der Waals surface area contributed by atoms with Gasteiger partial charge in [0, 0.05) is 37.6 Å². The van der Waals surface area contributed by atoms with Gasteiger partial charge in [-0.1, -0.05) is 115 Å². The first-order valence-corrected chi connectivity index (χ1v) is 18.5. The molecule has 4 N–H and O–H groups in total. The minimum absolute atomic E-state index is 0.176. The number of nitrogens with zero attached hydrogens (tertiary/aromatic N) is 2. The average Bonchev–Trinajstić information content (AvgIpc) is 3.05. The zero-order valence-electron chi connectivity index (χ0n) is 30.2. The molecule has 0 saturated heterocycles. The van der Waals surface area contributed by atoms with Gasteiger partial charge in [0.1, 0.15) is 0 Å². The van der Waals surface area contributed by atoms with Crippen molar-refractivity contribution in [2.75, 3.05) is 64.0 Å². The SMILES string of the molecule is CCCCCCCCCN(C)CCNC(=O)Nc1ccc(Cc2ccc(NC(=O)NCCN(C)CCCCCCCCC)cc2)cc1. The molecule has 0 unspecified atom stereocenters. The summed E-state index contributed by atoms with van der Waals surface area (Å²) in [6.45, 7) is 9.60. The van der Waals surface area contributed by atoms with E-state index in [1.807, 2.05) is 48.5 Å². The number of rotatable bonds is 26. The summed E-state index contributed by atoms with van der Waals surface area (Å²) in [6.07, 6.45) is 19.2. The summed E-state index contributed by atoms with van der Waals surface area (Å²) in [5, 5.41) is 11.8. The summed E-state index contributed by atoms with van der Waals surface area (Å²) >= 11 is 0. The lowest BCUT2D eigenvalue weighted by atomic mass is 10.0. The monoisotopic (exact) mass is 651 g/mol. The van der Waals surface area contributed by atoms with Crippen LogP contribution in [0.2, 0.25) is 0 Å². The number of urea groups is 2. The predicted octanol–water partition coefficient (Wildman–Crippen LogP) is 8.89. The highest BCUT2D eigenvalue weighted by Crippen LogP contribution is 2.16. The van der Waals surface area contributed by atoms with Crippen LogP contribution in [0.3, 0.4) is 0 Å². The standard InChI is InChI=1S/C39H66N6O2/c1-5-7-9-11-13-15-17-29-44(3)31-27-40-38(46)42-36-23-19-34(20-24-36)33-35-21-25-37(26-22-35)43-39(47)41-28-32-45(4)30-18-16-14-12-10-8-6-2/h19-26H,5-18,27-33H2,1-4H3,(H2,40,42,46)(H2,41,43,47). The normalized spacial score (nSPS) is 11.2. The van der Waals surface area contributed by atoms with E-state index in [1.54, 1.807) is 0 Å². The van der Waals surface area contributed by atoms with E-state index in [2.05, 4.69) is 59.0 Å². The molecule has 0 aliphatic carbocycles. The van der Waals surface area contributed by atoms with Crippen LogP contribution in [0.15, 0.2) is 48.5 Å². The van der Waals surface area contributed by atoms with Gasteiger partial charge < -0.3 is 31.1 Å². The molecule has 0 radical (unpaired) electrons. The van der Waals surface area contributed by atoms with Gasteiger partial charge in [0.15, 0.2) is 0 Å². The molecule has 264 valence electrons. The average molecular weight is 651 g/mol. The fourth-order valence-electron chi connectivity index (χ4n) is 5.62. The summed E-state index contributed by atoms with van der Waals surface area (Å²) in [7, 11) is 4.24. The van der Waals surface area contributed by atoms with E-state index in [1.165, 1.54) is 89.9 Å². The maximum Gasteiger partial charge on any atom is 0.319 e. The summed E-state index contributed by atoms with van der Waals surface area (Å²) in [6, 6.07) is 15.6. The second-order valence-electron chi connectivity index (χ2n) is 13.2. The highest BCUT2D eigenvalue weighted by Gasteiger charge is 2.06. The highest BCUT2D eigenvalue weighted by molar-refractivity contribution is 5.89. The van der Waals surface area contributed by atoms with E-state index >= 15 is 0 Å². The van der Waals surface area contributed by atoms with Gasteiger partial charge in [0.2, 0.25) is 0 Å². The van der Waals surface area contributed by atoms with Gasteiger partial charge >= 0.3 is 12.1 Å². The van der Waals surface area contributed by atoms with Crippen molar-refractivity contribution >= 4 is 23.4 Å². The van der Waals surface area contributed by atoms with Gasteiger partial charge in [-0.05, 0) is 81.8 Å². The van der Waals surface area contributed by atoms with Crippen LogP contribution in [-0.4, -0.2) is 75.2 Å². The second kappa shape index (κ2) is 25.9. The molecule has 47 heavy (non-hydrogen) atoms. The zero-order chi connectivity index (χ0) is 34.0. The number of carbonyl (C=O) groups excluding carboxylic acids is 2. The molecule has 0 aromatic heterocycles. The van der Waals surface area contributed by atoms with E-state index < -0.39 is 0 Å². The lowest BCUT2D eigenvalue weighted by molar-refractivity contribution is 0.248. The van der Waals surface area contributed by atoms with Gasteiger partial charge in [-0.2, -0.15) is 0 Å². The number of benzene rings is 2.